The average Bonchev–Trinajstić information content (AvgIpc) is 3.41. The maximum atomic E-state index is 13.3. The SMILES string of the molecule is CC.CN(c1c[nH]c2cnccc12)c1cnc2c3c(cccc13)C(=O)N2C1CCC(=O)NC1=O. The molecule has 0 radical (unpaired) electrons. The van der Waals surface area contributed by atoms with Crippen molar-refractivity contribution in [3.8, 4) is 0 Å². The van der Waals surface area contributed by atoms with Crippen molar-refractivity contribution in [2.24, 2.45) is 0 Å². The van der Waals surface area contributed by atoms with Gasteiger partial charge in [-0.25, -0.2) is 4.98 Å². The molecule has 9 heteroatoms. The summed E-state index contributed by atoms with van der Waals surface area (Å²) in [4.78, 5) is 52.8. The summed E-state index contributed by atoms with van der Waals surface area (Å²) in [6, 6.07) is 6.73. The molecule has 0 aliphatic carbocycles. The number of nitrogens with zero attached hydrogens (tertiary/aromatic N) is 4. The first-order chi connectivity index (χ1) is 16.5. The summed E-state index contributed by atoms with van der Waals surface area (Å²) in [5, 5.41) is 4.93. The fraction of sp³-hybridized carbons (Fsp3) is 0.240. The van der Waals surface area contributed by atoms with Gasteiger partial charge in [0.25, 0.3) is 5.91 Å². The quantitative estimate of drug-likeness (QED) is 0.455. The Balaban J connectivity index is 0.00000117. The molecule has 2 aliphatic rings. The maximum absolute atomic E-state index is 13.3. The zero-order valence-corrected chi connectivity index (χ0v) is 19.1. The lowest BCUT2D eigenvalue weighted by atomic mass is 10.0. The molecule has 1 atom stereocenters. The monoisotopic (exact) mass is 456 g/mol. The molecule has 5 heterocycles. The summed E-state index contributed by atoms with van der Waals surface area (Å²) in [5.41, 5.74) is 3.22. The van der Waals surface area contributed by atoms with Crippen LogP contribution in [0.4, 0.5) is 17.2 Å². The minimum Gasteiger partial charge on any atom is -0.358 e. The van der Waals surface area contributed by atoms with Crippen LogP contribution in [0.3, 0.4) is 0 Å². The second kappa shape index (κ2) is 8.26. The first kappa shape index (κ1) is 21.6. The Hall–Kier alpha value is -4.27. The number of piperidine rings is 1. The van der Waals surface area contributed by atoms with Gasteiger partial charge in [-0.1, -0.05) is 26.0 Å². The van der Waals surface area contributed by atoms with Crippen molar-refractivity contribution < 1.29 is 14.4 Å². The number of H-pyrrole nitrogens is 1. The van der Waals surface area contributed by atoms with Crippen LogP contribution in [0.2, 0.25) is 0 Å². The Labute approximate surface area is 195 Å². The van der Waals surface area contributed by atoms with E-state index in [1.807, 2.05) is 50.2 Å². The van der Waals surface area contributed by atoms with Gasteiger partial charge in [0, 0.05) is 42.0 Å². The van der Waals surface area contributed by atoms with E-state index >= 15 is 0 Å². The molecule has 2 aliphatic heterocycles. The van der Waals surface area contributed by atoms with Gasteiger partial charge in [-0.15, -0.1) is 0 Å². The van der Waals surface area contributed by atoms with Crippen LogP contribution in [-0.4, -0.2) is 45.8 Å². The number of amides is 3. The van der Waals surface area contributed by atoms with Gasteiger partial charge < -0.3 is 9.88 Å². The van der Waals surface area contributed by atoms with Crippen molar-refractivity contribution in [3.05, 3.63) is 54.6 Å². The van der Waals surface area contributed by atoms with Crippen molar-refractivity contribution in [1.82, 2.24) is 20.3 Å². The van der Waals surface area contributed by atoms with E-state index in [4.69, 9.17) is 0 Å². The lowest BCUT2D eigenvalue weighted by Crippen LogP contribution is -2.53. The molecule has 1 unspecified atom stereocenters. The Bertz CT molecular complexity index is 1460. The summed E-state index contributed by atoms with van der Waals surface area (Å²) < 4.78 is 0. The highest BCUT2D eigenvalue weighted by Crippen LogP contribution is 2.43. The second-order valence-electron chi connectivity index (χ2n) is 7.99. The number of hydrogen-bond acceptors (Lipinski definition) is 6. The van der Waals surface area contributed by atoms with Gasteiger partial charge in [0.05, 0.1) is 34.8 Å². The number of rotatable bonds is 3. The highest BCUT2D eigenvalue weighted by atomic mass is 16.2. The molecule has 6 rings (SSSR count). The molecule has 172 valence electrons. The number of imide groups is 1. The molecule has 0 saturated carbocycles. The van der Waals surface area contributed by atoms with Crippen molar-refractivity contribution >= 4 is 56.6 Å². The van der Waals surface area contributed by atoms with Crippen molar-refractivity contribution in [2.45, 2.75) is 32.7 Å². The van der Waals surface area contributed by atoms with Gasteiger partial charge in [0.15, 0.2) is 0 Å². The van der Waals surface area contributed by atoms with Gasteiger partial charge in [-0.2, -0.15) is 0 Å². The number of aromatic nitrogens is 3. The molecule has 1 fully saturated rings. The molecular formula is C25H24N6O3. The third-order valence-electron chi connectivity index (χ3n) is 6.26. The third kappa shape index (κ3) is 3.12. The predicted molar refractivity (Wildman–Crippen MR) is 130 cm³/mol. The van der Waals surface area contributed by atoms with Crippen molar-refractivity contribution in [2.75, 3.05) is 16.8 Å². The lowest BCUT2D eigenvalue weighted by molar-refractivity contribution is -0.134. The van der Waals surface area contributed by atoms with Crippen LogP contribution in [0.15, 0.2) is 49.1 Å². The van der Waals surface area contributed by atoms with Gasteiger partial charge in [-0.3, -0.25) is 29.6 Å². The van der Waals surface area contributed by atoms with E-state index in [0.29, 0.717) is 16.8 Å². The van der Waals surface area contributed by atoms with Crippen LogP contribution in [0.25, 0.3) is 21.7 Å². The molecule has 3 amide bonds. The van der Waals surface area contributed by atoms with E-state index in [1.54, 1.807) is 24.7 Å². The summed E-state index contributed by atoms with van der Waals surface area (Å²) >= 11 is 0. The second-order valence-corrected chi connectivity index (χ2v) is 7.99. The molecule has 0 bridgehead atoms. The zero-order chi connectivity index (χ0) is 24.0. The van der Waals surface area contributed by atoms with Gasteiger partial charge in [0.2, 0.25) is 11.8 Å². The summed E-state index contributed by atoms with van der Waals surface area (Å²) in [7, 11) is 1.95. The van der Waals surface area contributed by atoms with Gasteiger partial charge in [0.1, 0.15) is 11.9 Å². The highest BCUT2D eigenvalue weighted by molar-refractivity contribution is 6.27. The van der Waals surface area contributed by atoms with Gasteiger partial charge in [-0.05, 0) is 18.6 Å². The van der Waals surface area contributed by atoms with Crippen LogP contribution in [0.5, 0.6) is 0 Å². The molecule has 0 spiro atoms. The molecule has 34 heavy (non-hydrogen) atoms. The first-order valence-corrected chi connectivity index (χ1v) is 11.3. The summed E-state index contributed by atoms with van der Waals surface area (Å²) in [6.45, 7) is 4.00. The van der Waals surface area contributed by atoms with Crippen LogP contribution in [0, 0.1) is 0 Å². The molecule has 9 nitrogen and oxygen atoms in total. The molecule has 2 N–H and O–H groups in total. The maximum Gasteiger partial charge on any atom is 0.260 e. The largest absolute Gasteiger partial charge is 0.358 e. The fourth-order valence-electron chi connectivity index (χ4n) is 4.70. The number of benzene rings is 1. The number of carbonyl (C=O) groups is 3. The predicted octanol–water partition coefficient (Wildman–Crippen LogP) is 3.67. The van der Waals surface area contributed by atoms with E-state index < -0.39 is 11.9 Å². The molecule has 3 aromatic heterocycles. The number of aromatic amines is 1. The normalized spacial score (nSPS) is 17.1. The van der Waals surface area contributed by atoms with Crippen LogP contribution in [0.1, 0.15) is 37.0 Å². The molecule has 4 aromatic rings. The van der Waals surface area contributed by atoms with Crippen molar-refractivity contribution in [3.63, 3.8) is 0 Å². The molecule has 1 aromatic carbocycles. The number of fused-ring (bicyclic) bond motifs is 1. The smallest absolute Gasteiger partial charge is 0.260 e. The van der Waals surface area contributed by atoms with E-state index in [2.05, 4.69) is 20.3 Å². The number of anilines is 3. The Morgan fingerprint density at radius 2 is 1.88 bits per heavy atom. The minimum atomic E-state index is -0.756. The Morgan fingerprint density at radius 3 is 2.68 bits per heavy atom. The molecule has 1 saturated heterocycles. The standard InChI is InChI=1S/C23H18N6O3.C2H6/c1-28(17-10-25-15-9-24-8-7-12(15)17)18-11-26-21-20-13(18)3-2-4-14(20)23(32)29(21)16-5-6-19(30)27-22(16)31;1-2/h2-4,7-11,16,25H,5-6H2,1H3,(H,27,30,31);1-2H3. The van der Waals surface area contributed by atoms with E-state index in [1.165, 1.54) is 4.90 Å². The third-order valence-corrected chi connectivity index (χ3v) is 6.26. The number of hydrogen-bond donors (Lipinski definition) is 2. The summed E-state index contributed by atoms with van der Waals surface area (Å²) in [5.74, 6) is -0.605. The van der Waals surface area contributed by atoms with E-state index in [-0.39, 0.29) is 24.7 Å². The molecular weight excluding hydrogens is 432 g/mol. The Morgan fingerprint density at radius 1 is 1.06 bits per heavy atom. The number of carbonyl (C=O) groups excluding carboxylic acids is 3. The topological polar surface area (TPSA) is 111 Å². The van der Waals surface area contributed by atoms with Crippen LogP contribution < -0.4 is 15.1 Å². The first-order valence-electron chi connectivity index (χ1n) is 11.3. The van der Waals surface area contributed by atoms with Gasteiger partial charge >= 0.3 is 0 Å². The fourth-order valence-corrected chi connectivity index (χ4v) is 4.70. The van der Waals surface area contributed by atoms with Crippen LogP contribution >= 0.6 is 0 Å². The number of pyridine rings is 2. The number of nitrogens with one attached hydrogen (secondary N) is 2. The van der Waals surface area contributed by atoms with E-state index in [9.17, 15) is 14.4 Å². The Kier molecular flexibility index (Phi) is 5.24. The highest BCUT2D eigenvalue weighted by Gasteiger charge is 2.42. The van der Waals surface area contributed by atoms with Crippen molar-refractivity contribution in [1.29, 1.82) is 0 Å². The summed E-state index contributed by atoms with van der Waals surface area (Å²) in [6.07, 6.45) is 7.62. The average molecular weight is 457 g/mol. The lowest BCUT2D eigenvalue weighted by Gasteiger charge is -2.29. The zero-order valence-electron chi connectivity index (χ0n) is 19.1. The van der Waals surface area contributed by atoms with E-state index in [0.717, 1.165) is 27.7 Å². The van der Waals surface area contributed by atoms with Crippen LogP contribution in [-0.2, 0) is 9.59 Å². The minimum absolute atomic E-state index is 0.190.